The van der Waals surface area contributed by atoms with E-state index < -0.39 is 0 Å². The van der Waals surface area contributed by atoms with Gasteiger partial charge in [-0.1, -0.05) is 6.07 Å². The van der Waals surface area contributed by atoms with Crippen molar-refractivity contribution in [3.63, 3.8) is 0 Å². The highest BCUT2D eigenvalue weighted by atomic mass is 32.1. The Bertz CT molecular complexity index is 455. The average molecular weight is 308 g/mol. The molecule has 1 aliphatic carbocycles. The summed E-state index contributed by atoms with van der Waals surface area (Å²) >= 11 is 1.72. The molecule has 3 rings (SSSR count). The Balaban J connectivity index is 1.43. The van der Waals surface area contributed by atoms with Crippen molar-refractivity contribution in [2.24, 2.45) is 0 Å². The van der Waals surface area contributed by atoms with Gasteiger partial charge in [0.2, 0.25) is 5.91 Å². The van der Waals surface area contributed by atoms with E-state index in [1.807, 2.05) is 11.0 Å². The van der Waals surface area contributed by atoms with Crippen molar-refractivity contribution < 1.29 is 9.90 Å². The van der Waals surface area contributed by atoms with Crippen LogP contribution < -0.4 is 0 Å². The number of piperazine rings is 1. The summed E-state index contributed by atoms with van der Waals surface area (Å²) in [6.45, 7) is 3.44. The molecule has 5 heteroatoms. The largest absolute Gasteiger partial charge is 0.391 e. The molecule has 1 aromatic heterocycles. The van der Waals surface area contributed by atoms with Crippen LogP contribution in [0, 0.1) is 0 Å². The van der Waals surface area contributed by atoms with Crippen LogP contribution in [0.4, 0.5) is 0 Å². The summed E-state index contributed by atoms with van der Waals surface area (Å²) in [5, 5.41) is 12.0. The highest BCUT2D eigenvalue weighted by Crippen LogP contribution is 2.25. The minimum absolute atomic E-state index is 0.161. The number of carbonyl (C=O) groups is 1. The predicted octanol–water partition coefficient (Wildman–Crippen LogP) is 1.74. The van der Waals surface area contributed by atoms with E-state index in [-0.39, 0.29) is 12.0 Å². The maximum atomic E-state index is 12.2. The number of rotatable bonds is 4. The van der Waals surface area contributed by atoms with Gasteiger partial charge in [-0.3, -0.25) is 9.69 Å². The first-order valence-electron chi connectivity index (χ1n) is 7.96. The SMILES string of the molecule is O=C(CCc1cccs1)N1CCN([C@@H]2CCC[C@H]2O)CC1. The lowest BCUT2D eigenvalue weighted by molar-refractivity contribution is -0.133. The number of aliphatic hydroxyl groups is 1. The average Bonchev–Trinajstić information content (AvgIpc) is 3.16. The number of amides is 1. The van der Waals surface area contributed by atoms with Crippen molar-refractivity contribution >= 4 is 17.2 Å². The van der Waals surface area contributed by atoms with Gasteiger partial charge in [-0.15, -0.1) is 11.3 Å². The second-order valence-electron chi connectivity index (χ2n) is 6.06. The molecule has 1 aliphatic heterocycles. The van der Waals surface area contributed by atoms with E-state index in [0.29, 0.717) is 12.5 Å². The molecule has 2 heterocycles. The fourth-order valence-corrected chi connectivity index (χ4v) is 4.20. The first kappa shape index (κ1) is 15.0. The molecule has 0 spiro atoms. The molecule has 1 N–H and O–H groups in total. The van der Waals surface area contributed by atoms with Crippen LogP contribution in [0.2, 0.25) is 0 Å². The molecule has 1 aromatic rings. The maximum Gasteiger partial charge on any atom is 0.223 e. The third-order valence-corrected chi connectivity index (χ3v) is 5.68. The normalized spacial score (nSPS) is 27.2. The molecule has 1 saturated carbocycles. The molecule has 2 atom stereocenters. The maximum absolute atomic E-state index is 12.2. The van der Waals surface area contributed by atoms with E-state index in [2.05, 4.69) is 16.3 Å². The number of aryl methyl sites for hydroxylation is 1. The summed E-state index contributed by atoms with van der Waals surface area (Å²) in [5.41, 5.74) is 0. The summed E-state index contributed by atoms with van der Waals surface area (Å²) in [4.78, 5) is 17.9. The Morgan fingerprint density at radius 2 is 2.10 bits per heavy atom. The molecule has 0 bridgehead atoms. The minimum Gasteiger partial charge on any atom is -0.391 e. The van der Waals surface area contributed by atoms with E-state index in [9.17, 15) is 9.90 Å². The van der Waals surface area contributed by atoms with Crippen molar-refractivity contribution in [1.29, 1.82) is 0 Å². The molecule has 4 nitrogen and oxygen atoms in total. The van der Waals surface area contributed by atoms with Crippen LogP contribution in [-0.2, 0) is 11.2 Å². The van der Waals surface area contributed by atoms with E-state index in [0.717, 1.165) is 51.9 Å². The second kappa shape index (κ2) is 6.90. The van der Waals surface area contributed by atoms with Crippen LogP contribution >= 0.6 is 11.3 Å². The number of hydrogen-bond donors (Lipinski definition) is 1. The zero-order valence-electron chi connectivity index (χ0n) is 12.4. The van der Waals surface area contributed by atoms with E-state index in [4.69, 9.17) is 0 Å². The molecule has 0 unspecified atom stereocenters. The highest BCUT2D eigenvalue weighted by Gasteiger charge is 2.33. The van der Waals surface area contributed by atoms with Gasteiger partial charge in [-0.05, 0) is 37.1 Å². The first-order valence-corrected chi connectivity index (χ1v) is 8.84. The number of nitrogens with zero attached hydrogens (tertiary/aromatic N) is 2. The van der Waals surface area contributed by atoms with Gasteiger partial charge in [-0.25, -0.2) is 0 Å². The third kappa shape index (κ3) is 3.65. The standard InChI is InChI=1S/C16H24N2O2S/c19-15-5-1-4-14(15)17-8-10-18(11-9-17)16(20)7-6-13-3-2-12-21-13/h2-3,12,14-15,19H,1,4-11H2/t14-,15-/m1/s1. The van der Waals surface area contributed by atoms with E-state index in [1.54, 1.807) is 11.3 Å². The Kier molecular flexibility index (Phi) is 4.93. The van der Waals surface area contributed by atoms with Crippen molar-refractivity contribution in [3.8, 4) is 0 Å². The number of carbonyl (C=O) groups excluding carboxylic acids is 1. The smallest absolute Gasteiger partial charge is 0.223 e. The first-order chi connectivity index (χ1) is 10.2. The van der Waals surface area contributed by atoms with Crippen molar-refractivity contribution in [1.82, 2.24) is 9.80 Å². The van der Waals surface area contributed by atoms with Gasteiger partial charge in [0.15, 0.2) is 0 Å². The summed E-state index contributed by atoms with van der Waals surface area (Å²) in [7, 11) is 0. The second-order valence-corrected chi connectivity index (χ2v) is 7.09. The van der Waals surface area contributed by atoms with Crippen LogP contribution in [0.3, 0.4) is 0 Å². The van der Waals surface area contributed by atoms with Gasteiger partial charge >= 0.3 is 0 Å². The monoisotopic (exact) mass is 308 g/mol. The van der Waals surface area contributed by atoms with E-state index in [1.165, 1.54) is 4.88 Å². The molecule has 2 aliphatic rings. The Morgan fingerprint density at radius 3 is 2.71 bits per heavy atom. The lowest BCUT2D eigenvalue weighted by Gasteiger charge is -2.39. The van der Waals surface area contributed by atoms with Gasteiger partial charge in [0, 0.05) is 43.5 Å². The zero-order valence-corrected chi connectivity index (χ0v) is 13.2. The quantitative estimate of drug-likeness (QED) is 0.921. The predicted molar refractivity (Wildman–Crippen MR) is 84.4 cm³/mol. The van der Waals surface area contributed by atoms with Gasteiger partial charge in [0.1, 0.15) is 0 Å². The number of aliphatic hydroxyl groups excluding tert-OH is 1. The number of hydrogen-bond acceptors (Lipinski definition) is 4. The molecule has 1 amide bonds. The van der Waals surface area contributed by atoms with Crippen molar-refractivity contribution in [3.05, 3.63) is 22.4 Å². The minimum atomic E-state index is -0.161. The fraction of sp³-hybridized carbons (Fsp3) is 0.688. The summed E-state index contributed by atoms with van der Waals surface area (Å²) in [6, 6.07) is 4.46. The fourth-order valence-electron chi connectivity index (χ4n) is 3.49. The van der Waals surface area contributed by atoms with Crippen LogP contribution in [0.1, 0.15) is 30.6 Å². The molecule has 0 aromatic carbocycles. The molecule has 116 valence electrons. The zero-order chi connectivity index (χ0) is 14.7. The summed E-state index contributed by atoms with van der Waals surface area (Å²) in [5.74, 6) is 0.273. The molecule has 21 heavy (non-hydrogen) atoms. The topological polar surface area (TPSA) is 43.8 Å². The van der Waals surface area contributed by atoms with Crippen LogP contribution in [0.5, 0.6) is 0 Å². The highest BCUT2D eigenvalue weighted by molar-refractivity contribution is 7.09. The van der Waals surface area contributed by atoms with Crippen molar-refractivity contribution in [2.45, 2.75) is 44.2 Å². The van der Waals surface area contributed by atoms with Crippen molar-refractivity contribution in [2.75, 3.05) is 26.2 Å². The van der Waals surface area contributed by atoms with Gasteiger partial charge in [0.25, 0.3) is 0 Å². The Hall–Kier alpha value is -0.910. The lowest BCUT2D eigenvalue weighted by Crippen LogP contribution is -2.53. The molecule has 0 radical (unpaired) electrons. The molecule has 2 fully saturated rings. The lowest BCUT2D eigenvalue weighted by atomic mass is 10.1. The Labute approximate surface area is 130 Å². The molecular weight excluding hydrogens is 284 g/mol. The molecular formula is C16H24N2O2S. The van der Waals surface area contributed by atoms with Crippen LogP contribution in [0.15, 0.2) is 17.5 Å². The van der Waals surface area contributed by atoms with E-state index >= 15 is 0 Å². The summed E-state index contributed by atoms with van der Waals surface area (Å²) in [6.07, 6.45) is 4.49. The Morgan fingerprint density at radius 1 is 1.29 bits per heavy atom. The molecule has 1 saturated heterocycles. The van der Waals surface area contributed by atoms with Gasteiger partial charge in [-0.2, -0.15) is 0 Å². The van der Waals surface area contributed by atoms with Gasteiger partial charge < -0.3 is 10.0 Å². The van der Waals surface area contributed by atoms with Gasteiger partial charge in [0.05, 0.1) is 6.10 Å². The summed E-state index contributed by atoms with van der Waals surface area (Å²) < 4.78 is 0. The number of thiophene rings is 1. The third-order valence-electron chi connectivity index (χ3n) is 4.75. The van der Waals surface area contributed by atoms with Crippen LogP contribution in [0.25, 0.3) is 0 Å². The van der Waals surface area contributed by atoms with Crippen LogP contribution in [-0.4, -0.2) is 59.1 Å².